The summed E-state index contributed by atoms with van der Waals surface area (Å²) in [6.45, 7) is 4.99. The van der Waals surface area contributed by atoms with Crippen molar-refractivity contribution >= 4 is 17.7 Å². The highest BCUT2D eigenvalue weighted by Gasteiger charge is 2.18. The summed E-state index contributed by atoms with van der Waals surface area (Å²) in [5, 5.41) is 12.2. The minimum absolute atomic E-state index is 0.133. The summed E-state index contributed by atoms with van der Waals surface area (Å²) in [7, 11) is 1.60. The first-order valence-corrected chi connectivity index (χ1v) is 10.7. The molecule has 0 aliphatic rings. The fraction of sp³-hybridized carbons (Fsp3) is 0.318. The van der Waals surface area contributed by atoms with Gasteiger partial charge in [0.15, 0.2) is 5.16 Å². The van der Waals surface area contributed by atoms with E-state index in [1.54, 1.807) is 19.2 Å². The third-order valence-electron chi connectivity index (χ3n) is 4.47. The molecule has 0 fully saturated rings. The topological polar surface area (TPSA) is 69.0 Å². The molecular weight excluding hydrogens is 403 g/mol. The van der Waals surface area contributed by atoms with Crippen molar-refractivity contribution in [2.24, 2.45) is 0 Å². The summed E-state index contributed by atoms with van der Waals surface area (Å²) in [5.41, 5.74) is 2.33. The molecule has 2 aromatic carbocycles. The van der Waals surface area contributed by atoms with Crippen LogP contribution in [-0.4, -0.2) is 40.9 Å². The summed E-state index contributed by atoms with van der Waals surface area (Å²) < 4.78 is 20.3. The van der Waals surface area contributed by atoms with E-state index >= 15 is 0 Å². The quantitative estimate of drug-likeness (QED) is 0.409. The van der Waals surface area contributed by atoms with Gasteiger partial charge in [0.05, 0.1) is 6.61 Å². The van der Waals surface area contributed by atoms with Gasteiger partial charge >= 0.3 is 0 Å². The Bertz CT molecular complexity index is 989. The molecule has 1 aromatic heterocycles. The maximum Gasteiger partial charge on any atom is 0.251 e. The molecule has 1 N–H and O–H groups in total. The highest BCUT2D eigenvalue weighted by Crippen LogP contribution is 2.29. The highest BCUT2D eigenvalue weighted by molar-refractivity contribution is 7.98. The van der Waals surface area contributed by atoms with Crippen molar-refractivity contribution in [1.82, 2.24) is 20.1 Å². The second-order valence-electron chi connectivity index (χ2n) is 7.00. The molecule has 0 saturated carbocycles. The number of thioether (sulfide) groups is 1. The Morgan fingerprint density at radius 2 is 1.90 bits per heavy atom. The van der Waals surface area contributed by atoms with Gasteiger partial charge in [-0.15, -0.1) is 10.2 Å². The van der Waals surface area contributed by atoms with E-state index in [0.29, 0.717) is 29.6 Å². The Morgan fingerprint density at radius 1 is 1.17 bits per heavy atom. The van der Waals surface area contributed by atoms with Gasteiger partial charge < -0.3 is 10.1 Å². The summed E-state index contributed by atoms with van der Waals surface area (Å²) in [5.74, 6) is 1.07. The lowest BCUT2D eigenvalue weighted by molar-refractivity contribution is 0.0936. The van der Waals surface area contributed by atoms with Crippen LogP contribution in [0.3, 0.4) is 0 Å². The molecule has 0 radical (unpaired) electrons. The number of amides is 1. The van der Waals surface area contributed by atoms with Gasteiger partial charge in [0.25, 0.3) is 5.91 Å². The van der Waals surface area contributed by atoms with Crippen molar-refractivity contribution in [3.05, 3.63) is 71.3 Å². The zero-order valence-corrected chi connectivity index (χ0v) is 18.1. The van der Waals surface area contributed by atoms with E-state index in [9.17, 15) is 9.18 Å². The normalized spacial score (nSPS) is 11.1. The minimum Gasteiger partial charge on any atom is -0.383 e. The number of nitrogens with one attached hydrogen (secondary N) is 1. The minimum atomic E-state index is -0.291. The number of ether oxygens (including phenoxy) is 1. The van der Waals surface area contributed by atoms with E-state index in [1.807, 2.05) is 42.7 Å². The van der Waals surface area contributed by atoms with Crippen LogP contribution in [0.5, 0.6) is 0 Å². The number of carbonyl (C=O) groups is 1. The van der Waals surface area contributed by atoms with E-state index in [-0.39, 0.29) is 17.6 Å². The van der Waals surface area contributed by atoms with E-state index < -0.39 is 0 Å². The lowest BCUT2D eigenvalue weighted by Crippen LogP contribution is -2.27. The average Bonchev–Trinajstić information content (AvgIpc) is 3.17. The lowest BCUT2D eigenvalue weighted by atomic mass is 10.1. The summed E-state index contributed by atoms with van der Waals surface area (Å²) in [6, 6.07) is 13.8. The predicted octanol–water partition coefficient (Wildman–Crippen LogP) is 4.20. The first kappa shape index (κ1) is 22.0. The molecule has 0 atom stereocenters. The van der Waals surface area contributed by atoms with Crippen molar-refractivity contribution in [3.63, 3.8) is 0 Å². The number of nitrogens with zero attached hydrogens (tertiary/aromatic N) is 3. The summed E-state index contributed by atoms with van der Waals surface area (Å²) >= 11 is 1.49. The van der Waals surface area contributed by atoms with Crippen LogP contribution in [0.4, 0.5) is 4.39 Å². The zero-order chi connectivity index (χ0) is 21.5. The van der Waals surface area contributed by atoms with Gasteiger partial charge in [-0.3, -0.25) is 9.36 Å². The SMILES string of the molecule is COCCNC(=O)c1ccccc1CSc1nnc(C(C)C)n1-c1ccc(F)cc1. The van der Waals surface area contributed by atoms with Crippen molar-refractivity contribution in [3.8, 4) is 5.69 Å². The van der Waals surface area contributed by atoms with Crippen LogP contribution in [0.1, 0.15) is 41.5 Å². The zero-order valence-electron chi connectivity index (χ0n) is 17.3. The molecule has 6 nitrogen and oxygen atoms in total. The number of rotatable bonds is 9. The van der Waals surface area contributed by atoms with Gasteiger partial charge in [0.1, 0.15) is 11.6 Å². The van der Waals surface area contributed by atoms with Gasteiger partial charge in [-0.2, -0.15) is 0 Å². The van der Waals surface area contributed by atoms with Crippen LogP contribution in [0.2, 0.25) is 0 Å². The van der Waals surface area contributed by atoms with Crippen LogP contribution >= 0.6 is 11.8 Å². The fourth-order valence-electron chi connectivity index (χ4n) is 2.95. The van der Waals surface area contributed by atoms with Crippen molar-refractivity contribution in [2.75, 3.05) is 20.3 Å². The molecule has 0 saturated heterocycles. The Labute approximate surface area is 179 Å². The average molecular weight is 429 g/mol. The van der Waals surface area contributed by atoms with Crippen molar-refractivity contribution in [1.29, 1.82) is 0 Å². The Kier molecular flexibility index (Phi) is 7.59. The number of halogens is 1. The maximum atomic E-state index is 13.4. The predicted molar refractivity (Wildman–Crippen MR) is 116 cm³/mol. The second kappa shape index (κ2) is 10.4. The van der Waals surface area contributed by atoms with Crippen LogP contribution in [-0.2, 0) is 10.5 Å². The van der Waals surface area contributed by atoms with Crippen LogP contribution in [0.25, 0.3) is 5.69 Å². The van der Waals surface area contributed by atoms with E-state index in [1.165, 1.54) is 23.9 Å². The molecule has 30 heavy (non-hydrogen) atoms. The van der Waals surface area contributed by atoms with Crippen LogP contribution < -0.4 is 5.32 Å². The van der Waals surface area contributed by atoms with Crippen molar-refractivity contribution in [2.45, 2.75) is 30.7 Å². The molecule has 158 valence electrons. The smallest absolute Gasteiger partial charge is 0.251 e. The standard InChI is InChI=1S/C22H25FN4O2S/c1-15(2)20-25-26-22(27(20)18-10-8-17(23)9-11-18)30-14-16-6-4-5-7-19(16)21(28)24-12-13-29-3/h4-11,15H,12-14H2,1-3H3,(H,24,28). The molecule has 0 aliphatic carbocycles. The van der Waals surface area contributed by atoms with Crippen molar-refractivity contribution < 1.29 is 13.9 Å². The van der Waals surface area contributed by atoms with E-state index in [2.05, 4.69) is 15.5 Å². The molecule has 0 unspecified atom stereocenters. The Balaban J connectivity index is 1.83. The third-order valence-corrected chi connectivity index (χ3v) is 5.45. The van der Waals surface area contributed by atoms with Crippen LogP contribution in [0.15, 0.2) is 53.7 Å². The molecule has 0 bridgehead atoms. The van der Waals surface area contributed by atoms with Gasteiger partial charge in [-0.1, -0.05) is 43.8 Å². The Morgan fingerprint density at radius 3 is 2.60 bits per heavy atom. The van der Waals surface area contributed by atoms with Crippen LogP contribution in [0, 0.1) is 5.82 Å². The monoisotopic (exact) mass is 428 g/mol. The summed E-state index contributed by atoms with van der Waals surface area (Å²) in [4.78, 5) is 12.5. The molecule has 0 aliphatic heterocycles. The number of benzene rings is 2. The van der Waals surface area contributed by atoms with E-state index in [0.717, 1.165) is 17.1 Å². The lowest BCUT2D eigenvalue weighted by Gasteiger charge is -2.13. The molecule has 3 rings (SSSR count). The van der Waals surface area contributed by atoms with Gasteiger partial charge in [-0.05, 0) is 35.9 Å². The highest BCUT2D eigenvalue weighted by atomic mass is 32.2. The molecule has 1 amide bonds. The fourth-order valence-corrected chi connectivity index (χ4v) is 3.92. The maximum absolute atomic E-state index is 13.4. The second-order valence-corrected chi connectivity index (χ2v) is 7.94. The largest absolute Gasteiger partial charge is 0.383 e. The first-order chi connectivity index (χ1) is 14.5. The molecule has 3 aromatic rings. The van der Waals surface area contributed by atoms with E-state index in [4.69, 9.17) is 4.74 Å². The molecule has 8 heteroatoms. The molecule has 0 spiro atoms. The van der Waals surface area contributed by atoms with Gasteiger partial charge in [0.2, 0.25) is 0 Å². The number of methoxy groups -OCH3 is 1. The van der Waals surface area contributed by atoms with Gasteiger partial charge in [0, 0.05) is 36.6 Å². The molecule has 1 heterocycles. The third kappa shape index (κ3) is 5.25. The number of aromatic nitrogens is 3. The van der Waals surface area contributed by atoms with Gasteiger partial charge in [-0.25, -0.2) is 4.39 Å². The first-order valence-electron chi connectivity index (χ1n) is 9.70. The summed E-state index contributed by atoms with van der Waals surface area (Å²) in [6.07, 6.45) is 0. The number of carbonyl (C=O) groups excluding carboxylic acids is 1. The molecular formula is C22H25FN4O2S. The Hall–Kier alpha value is -2.71. The number of hydrogen-bond acceptors (Lipinski definition) is 5. The number of hydrogen-bond donors (Lipinski definition) is 1.